The second-order valence-corrected chi connectivity index (χ2v) is 5.08. The van der Waals surface area contributed by atoms with Crippen molar-refractivity contribution in [2.45, 2.75) is 33.5 Å². The van der Waals surface area contributed by atoms with Gasteiger partial charge in [0.1, 0.15) is 6.33 Å². The molecule has 1 aromatic heterocycles. The van der Waals surface area contributed by atoms with E-state index in [-0.39, 0.29) is 0 Å². The van der Waals surface area contributed by atoms with E-state index in [1.165, 1.54) is 11.1 Å². The lowest BCUT2D eigenvalue weighted by atomic mass is 10.1. The summed E-state index contributed by atoms with van der Waals surface area (Å²) in [5, 5.41) is 3.47. The third-order valence-corrected chi connectivity index (χ3v) is 3.67. The molecule has 112 valence electrons. The molecule has 0 radical (unpaired) electrons. The zero-order valence-corrected chi connectivity index (χ0v) is 12.9. The lowest BCUT2D eigenvalue weighted by Gasteiger charge is -2.20. The largest absolute Gasteiger partial charge is 0.308 e. The maximum Gasteiger partial charge on any atom is 0.115 e. The van der Waals surface area contributed by atoms with E-state index < -0.39 is 0 Å². The number of benzene rings is 1. The Labute approximate surface area is 127 Å². The highest BCUT2D eigenvalue weighted by Gasteiger charge is 2.05. The Kier molecular flexibility index (Phi) is 6.31. The smallest absolute Gasteiger partial charge is 0.115 e. The van der Waals surface area contributed by atoms with Crippen LogP contribution < -0.4 is 5.32 Å². The summed E-state index contributed by atoms with van der Waals surface area (Å²) in [5.41, 5.74) is 3.87. The van der Waals surface area contributed by atoms with Crippen molar-refractivity contribution < 1.29 is 0 Å². The van der Waals surface area contributed by atoms with Crippen LogP contribution in [-0.4, -0.2) is 28.0 Å². The topological polar surface area (TPSA) is 41.0 Å². The molecule has 21 heavy (non-hydrogen) atoms. The molecule has 0 aliphatic heterocycles. The fourth-order valence-electron chi connectivity index (χ4n) is 2.34. The lowest BCUT2D eigenvalue weighted by Crippen LogP contribution is -2.23. The summed E-state index contributed by atoms with van der Waals surface area (Å²) in [5.74, 6) is 0. The van der Waals surface area contributed by atoms with Crippen molar-refractivity contribution in [1.29, 1.82) is 0 Å². The number of nitrogens with zero attached hydrogens (tertiary/aromatic N) is 3. The standard InChI is InChI=1S/C17H24N4/c1-3-21(4-2)13-17-8-6-5-7-16(17)12-18-9-15-10-19-14-20-11-15/h5-8,10-11,14,18H,3-4,9,12-13H2,1-2H3. The summed E-state index contributed by atoms with van der Waals surface area (Å²) in [6.07, 6.45) is 5.26. The second-order valence-electron chi connectivity index (χ2n) is 5.08. The Balaban J connectivity index is 1.93. The Hall–Kier alpha value is -1.78. The molecule has 0 bridgehead atoms. The Morgan fingerprint density at radius 1 is 0.952 bits per heavy atom. The molecule has 0 fully saturated rings. The molecular formula is C17H24N4. The van der Waals surface area contributed by atoms with E-state index in [2.05, 4.69) is 58.3 Å². The first kappa shape index (κ1) is 15.6. The number of aromatic nitrogens is 2. The molecule has 1 aromatic carbocycles. The molecule has 4 nitrogen and oxygen atoms in total. The summed E-state index contributed by atoms with van der Waals surface area (Å²) >= 11 is 0. The Morgan fingerprint density at radius 3 is 2.29 bits per heavy atom. The third-order valence-electron chi connectivity index (χ3n) is 3.67. The minimum Gasteiger partial charge on any atom is -0.308 e. The van der Waals surface area contributed by atoms with Gasteiger partial charge in [0.25, 0.3) is 0 Å². The van der Waals surface area contributed by atoms with Crippen molar-refractivity contribution in [3.05, 3.63) is 59.7 Å². The SMILES string of the molecule is CCN(CC)Cc1ccccc1CNCc1cncnc1. The molecule has 0 unspecified atom stereocenters. The number of hydrogen-bond donors (Lipinski definition) is 1. The van der Waals surface area contributed by atoms with Crippen molar-refractivity contribution in [3.63, 3.8) is 0 Å². The molecule has 0 spiro atoms. The van der Waals surface area contributed by atoms with Crippen LogP contribution in [0.3, 0.4) is 0 Å². The average molecular weight is 284 g/mol. The average Bonchev–Trinajstić information content (AvgIpc) is 2.55. The van der Waals surface area contributed by atoms with Gasteiger partial charge in [-0.25, -0.2) is 9.97 Å². The first-order chi connectivity index (χ1) is 10.3. The molecule has 0 saturated heterocycles. The zero-order chi connectivity index (χ0) is 14.9. The van der Waals surface area contributed by atoms with Gasteiger partial charge in [-0.05, 0) is 24.2 Å². The fourth-order valence-corrected chi connectivity index (χ4v) is 2.34. The highest BCUT2D eigenvalue weighted by Crippen LogP contribution is 2.12. The van der Waals surface area contributed by atoms with E-state index >= 15 is 0 Å². The Morgan fingerprint density at radius 2 is 1.62 bits per heavy atom. The molecule has 2 aromatic rings. The van der Waals surface area contributed by atoms with E-state index in [0.717, 1.165) is 38.3 Å². The molecule has 2 rings (SSSR count). The van der Waals surface area contributed by atoms with Gasteiger partial charge in [0.15, 0.2) is 0 Å². The van der Waals surface area contributed by atoms with Crippen molar-refractivity contribution in [1.82, 2.24) is 20.2 Å². The first-order valence-electron chi connectivity index (χ1n) is 7.57. The van der Waals surface area contributed by atoms with Gasteiger partial charge >= 0.3 is 0 Å². The molecule has 0 saturated carbocycles. The van der Waals surface area contributed by atoms with Crippen LogP contribution in [0.4, 0.5) is 0 Å². The molecular weight excluding hydrogens is 260 g/mol. The van der Waals surface area contributed by atoms with E-state index in [1.54, 1.807) is 6.33 Å². The van der Waals surface area contributed by atoms with Gasteiger partial charge in [0.2, 0.25) is 0 Å². The van der Waals surface area contributed by atoms with Gasteiger partial charge in [0.05, 0.1) is 0 Å². The van der Waals surface area contributed by atoms with Crippen LogP contribution in [0.1, 0.15) is 30.5 Å². The quantitative estimate of drug-likeness (QED) is 0.809. The van der Waals surface area contributed by atoms with Crippen molar-refractivity contribution in [2.24, 2.45) is 0 Å². The monoisotopic (exact) mass is 284 g/mol. The predicted octanol–water partition coefficient (Wildman–Crippen LogP) is 2.61. The number of rotatable bonds is 8. The van der Waals surface area contributed by atoms with E-state index in [9.17, 15) is 0 Å². The highest BCUT2D eigenvalue weighted by atomic mass is 15.1. The van der Waals surface area contributed by atoms with Crippen LogP contribution in [0.5, 0.6) is 0 Å². The third kappa shape index (κ3) is 4.92. The van der Waals surface area contributed by atoms with Gasteiger partial charge < -0.3 is 5.32 Å². The fraction of sp³-hybridized carbons (Fsp3) is 0.412. The molecule has 0 aliphatic rings. The van der Waals surface area contributed by atoms with Gasteiger partial charge in [-0.1, -0.05) is 38.1 Å². The molecule has 0 atom stereocenters. The van der Waals surface area contributed by atoms with Gasteiger partial charge in [-0.15, -0.1) is 0 Å². The van der Waals surface area contributed by atoms with E-state index in [4.69, 9.17) is 0 Å². The molecule has 1 N–H and O–H groups in total. The molecule has 0 aliphatic carbocycles. The van der Waals surface area contributed by atoms with Crippen molar-refractivity contribution >= 4 is 0 Å². The summed E-state index contributed by atoms with van der Waals surface area (Å²) in [4.78, 5) is 10.5. The minimum absolute atomic E-state index is 0.792. The highest BCUT2D eigenvalue weighted by molar-refractivity contribution is 5.27. The van der Waals surface area contributed by atoms with Crippen LogP contribution in [0.15, 0.2) is 43.0 Å². The van der Waals surface area contributed by atoms with Gasteiger partial charge in [-0.2, -0.15) is 0 Å². The number of nitrogens with one attached hydrogen (secondary N) is 1. The van der Waals surface area contributed by atoms with Crippen LogP contribution in [0.25, 0.3) is 0 Å². The second kappa shape index (κ2) is 8.49. The maximum atomic E-state index is 4.03. The van der Waals surface area contributed by atoms with Crippen LogP contribution in [-0.2, 0) is 19.6 Å². The predicted molar refractivity (Wildman–Crippen MR) is 85.6 cm³/mol. The van der Waals surface area contributed by atoms with Gasteiger partial charge in [-0.3, -0.25) is 4.90 Å². The van der Waals surface area contributed by atoms with Crippen LogP contribution in [0.2, 0.25) is 0 Å². The summed E-state index contributed by atoms with van der Waals surface area (Å²) in [6, 6.07) is 8.65. The van der Waals surface area contributed by atoms with Gasteiger partial charge in [0, 0.05) is 37.6 Å². The van der Waals surface area contributed by atoms with Crippen LogP contribution in [0, 0.1) is 0 Å². The van der Waals surface area contributed by atoms with Crippen molar-refractivity contribution in [3.8, 4) is 0 Å². The summed E-state index contributed by atoms with van der Waals surface area (Å²) < 4.78 is 0. The summed E-state index contributed by atoms with van der Waals surface area (Å²) in [7, 11) is 0. The first-order valence-corrected chi connectivity index (χ1v) is 7.57. The molecule has 1 heterocycles. The minimum atomic E-state index is 0.792. The van der Waals surface area contributed by atoms with E-state index in [1.807, 2.05) is 12.4 Å². The molecule has 4 heteroatoms. The lowest BCUT2D eigenvalue weighted by molar-refractivity contribution is 0.294. The Bertz CT molecular complexity index is 523. The van der Waals surface area contributed by atoms with Crippen LogP contribution >= 0.6 is 0 Å². The zero-order valence-electron chi connectivity index (χ0n) is 12.9. The molecule has 0 amide bonds. The van der Waals surface area contributed by atoms with E-state index in [0.29, 0.717) is 0 Å². The normalized spacial score (nSPS) is 11.0. The van der Waals surface area contributed by atoms with Crippen molar-refractivity contribution in [2.75, 3.05) is 13.1 Å². The number of hydrogen-bond acceptors (Lipinski definition) is 4. The maximum absolute atomic E-state index is 4.03. The summed E-state index contributed by atoms with van der Waals surface area (Å²) in [6.45, 7) is 9.25.